The number of nitrogens with zero attached hydrogens (tertiary/aromatic N) is 2. The molecule has 1 aliphatic rings. The average molecular weight is 868 g/mol. The van der Waals surface area contributed by atoms with E-state index in [9.17, 15) is 33.9 Å². The number of aromatic hydroxyl groups is 1. The van der Waals surface area contributed by atoms with Crippen LogP contribution in [0.25, 0.3) is 0 Å². The van der Waals surface area contributed by atoms with Gasteiger partial charge < -0.3 is 58.5 Å². The van der Waals surface area contributed by atoms with Crippen molar-refractivity contribution >= 4 is 41.1 Å². The summed E-state index contributed by atoms with van der Waals surface area (Å²) in [6, 6.07) is 19.2. The van der Waals surface area contributed by atoms with Crippen molar-refractivity contribution in [2.24, 2.45) is 16.5 Å². The van der Waals surface area contributed by atoms with E-state index in [0.717, 1.165) is 16.7 Å². The number of amides is 5. The monoisotopic (exact) mass is 867 g/mol. The standard InChI is InChI=1S/C44H57N11O8/c1-2-35(57)47-22-23-51-44(62)54-43(46)50-19-5-9-34(41(60)52-25-28-10-14-32(56)15-11-28)53-42(61)38(55-26-30-7-3-4-8-31(30)27-55)29-12-16-33(17-13-29)63-24-6-20-48-36-37(49-21-18-45)40(59)39(36)58/h3-4,7-8,10-17,34,38,48-49,56H,2,5-6,9,18-27,45H2,1H3,(H,47,57)(H,52,60)(H,53,61)(H4,46,50,51,54,62)/t34-,38+/m1/s1. The maximum absolute atomic E-state index is 14.5. The van der Waals surface area contributed by atoms with Crippen molar-refractivity contribution in [1.29, 1.82) is 0 Å². The van der Waals surface area contributed by atoms with E-state index in [1.54, 1.807) is 31.2 Å². The Kier molecular flexibility index (Phi) is 17.8. The van der Waals surface area contributed by atoms with Gasteiger partial charge in [0.15, 0.2) is 5.96 Å². The maximum atomic E-state index is 14.5. The Morgan fingerprint density at radius 1 is 0.778 bits per heavy atom. The van der Waals surface area contributed by atoms with Crippen LogP contribution >= 0.6 is 0 Å². The summed E-state index contributed by atoms with van der Waals surface area (Å²) < 4.78 is 5.96. The number of fused-ring (bicyclic) bond motifs is 1. The lowest BCUT2D eigenvalue weighted by molar-refractivity contribution is -0.132. The summed E-state index contributed by atoms with van der Waals surface area (Å²) in [5, 5.41) is 29.5. The van der Waals surface area contributed by atoms with Crippen molar-refractivity contribution in [2.45, 2.75) is 64.3 Å². The van der Waals surface area contributed by atoms with Crippen molar-refractivity contribution in [3.63, 3.8) is 0 Å². The van der Waals surface area contributed by atoms with Gasteiger partial charge in [-0.3, -0.25) is 28.9 Å². The van der Waals surface area contributed by atoms with Gasteiger partial charge in [-0.1, -0.05) is 55.5 Å². The van der Waals surface area contributed by atoms with Gasteiger partial charge in [0, 0.05) is 65.3 Å². The molecule has 0 aromatic heterocycles. The highest BCUT2D eigenvalue weighted by Gasteiger charge is 2.34. The molecule has 336 valence electrons. The van der Waals surface area contributed by atoms with E-state index in [1.165, 1.54) is 12.1 Å². The van der Waals surface area contributed by atoms with E-state index in [1.807, 2.05) is 41.3 Å². The minimum absolute atomic E-state index is 0.0945. The Morgan fingerprint density at radius 3 is 2.08 bits per heavy atom. The Hall–Kier alpha value is -6.99. The van der Waals surface area contributed by atoms with Crippen LogP contribution in [-0.2, 0) is 34.0 Å². The minimum atomic E-state index is -0.962. The number of hydrogen-bond acceptors (Lipinski definition) is 12. The molecule has 0 saturated carbocycles. The predicted molar refractivity (Wildman–Crippen MR) is 240 cm³/mol. The number of nitrogens with two attached hydrogens (primary N) is 2. The fourth-order valence-corrected chi connectivity index (χ4v) is 6.87. The van der Waals surface area contributed by atoms with Gasteiger partial charge in [-0.15, -0.1) is 0 Å². The zero-order valence-corrected chi connectivity index (χ0v) is 35.3. The van der Waals surface area contributed by atoms with Crippen molar-refractivity contribution in [3.05, 3.63) is 115 Å². The maximum Gasteiger partial charge on any atom is 0.344 e. The van der Waals surface area contributed by atoms with Gasteiger partial charge in [0.25, 0.3) is 10.9 Å². The Bertz CT molecular complexity index is 2230. The topological polar surface area (TPSA) is 284 Å². The highest BCUT2D eigenvalue weighted by atomic mass is 16.5. The molecule has 0 spiro atoms. The molecule has 19 heteroatoms. The quantitative estimate of drug-likeness (QED) is 0.0204. The van der Waals surface area contributed by atoms with Crippen LogP contribution in [0.1, 0.15) is 60.9 Å². The number of nitrogens with one attached hydrogen (secondary N) is 7. The summed E-state index contributed by atoms with van der Waals surface area (Å²) in [7, 11) is 0. The molecule has 0 radical (unpaired) electrons. The van der Waals surface area contributed by atoms with Gasteiger partial charge >= 0.3 is 6.03 Å². The van der Waals surface area contributed by atoms with Crippen LogP contribution in [0.3, 0.4) is 0 Å². The number of carbonyl (C=O) groups is 4. The van der Waals surface area contributed by atoms with Crippen molar-refractivity contribution in [1.82, 2.24) is 31.5 Å². The van der Waals surface area contributed by atoms with Crippen LogP contribution in [0.4, 0.5) is 16.2 Å². The summed E-state index contributed by atoms with van der Waals surface area (Å²) in [5.41, 5.74) is 14.4. The van der Waals surface area contributed by atoms with Gasteiger partial charge in [0.1, 0.15) is 35.0 Å². The molecule has 12 N–H and O–H groups in total. The third-order valence-corrected chi connectivity index (χ3v) is 10.2. The van der Waals surface area contributed by atoms with Crippen LogP contribution < -0.4 is 64.3 Å². The molecule has 0 unspecified atom stereocenters. The molecule has 0 aliphatic carbocycles. The molecule has 19 nitrogen and oxygen atoms in total. The Balaban J connectivity index is 1.22. The van der Waals surface area contributed by atoms with E-state index in [4.69, 9.17) is 16.2 Å². The lowest BCUT2D eigenvalue weighted by Crippen LogP contribution is -2.50. The zero-order valence-electron chi connectivity index (χ0n) is 35.3. The second-order valence-electron chi connectivity index (χ2n) is 14.8. The summed E-state index contributed by atoms with van der Waals surface area (Å²) in [5.74, 6) is -0.401. The lowest BCUT2D eigenvalue weighted by Gasteiger charge is -2.29. The summed E-state index contributed by atoms with van der Waals surface area (Å²) in [4.78, 5) is 81.5. The van der Waals surface area contributed by atoms with E-state index in [0.29, 0.717) is 69.9 Å². The van der Waals surface area contributed by atoms with E-state index >= 15 is 0 Å². The first kappa shape index (κ1) is 47.1. The van der Waals surface area contributed by atoms with Crippen molar-refractivity contribution in [2.75, 3.05) is 56.5 Å². The number of guanidine groups is 1. The molecular formula is C44H57N11O8. The highest BCUT2D eigenvalue weighted by molar-refractivity contribution is 5.92. The number of hydrogen-bond donors (Lipinski definition) is 10. The Labute approximate surface area is 365 Å². The first-order valence-corrected chi connectivity index (χ1v) is 21.0. The van der Waals surface area contributed by atoms with Gasteiger partial charge in [-0.25, -0.2) is 4.79 Å². The number of urea groups is 1. The molecule has 0 fully saturated rings. The largest absolute Gasteiger partial charge is 0.508 e. The first-order valence-electron chi connectivity index (χ1n) is 21.0. The third-order valence-electron chi connectivity index (χ3n) is 10.2. The molecule has 4 aromatic rings. The van der Waals surface area contributed by atoms with Crippen molar-refractivity contribution in [3.8, 4) is 11.5 Å². The highest BCUT2D eigenvalue weighted by Crippen LogP contribution is 2.32. The van der Waals surface area contributed by atoms with Crippen LogP contribution in [0.15, 0.2) is 87.4 Å². The van der Waals surface area contributed by atoms with E-state index in [2.05, 4.69) is 42.2 Å². The molecule has 1 aliphatic heterocycles. The number of benzene rings is 3. The fourth-order valence-electron chi connectivity index (χ4n) is 6.87. The van der Waals surface area contributed by atoms with Gasteiger partial charge in [-0.05, 0) is 65.8 Å². The predicted octanol–water partition coefficient (Wildman–Crippen LogP) is 1.02. The molecule has 63 heavy (non-hydrogen) atoms. The zero-order chi connectivity index (χ0) is 45.1. The molecule has 5 rings (SSSR count). The number of phenols is 1. The first-order chi connectivity index (χ1) is 30.5. The number of phenolic OH excluding ortho intramolecular Hbond substituents is 1. The SMILES string of the molecule is CCC(=O)NCCNC(=O)/N=C(/N)NCCC[C@@H](NC(=O)[C@H](c1ccc(OCCCNc2c(NCCN)c(=O)c2=O)cc1)N1Cc2ccccc2C1)C(=O)NCc1ccc(O)cc1. The van der Waals surface area contributed by atoms with Gasteiger partial charge in [0.2, 0.25) is 17.7 Å². The van der Waals surface area contributed by atoms with E-state index < -0.39 is 34.9 Å². The van der Waals surface area contributed by atoms with Crippen LogP contribution in [0.5, 0.6) is 11.5 Å². The molecule has 2 atom stereocenters. The second-order valence-corrected chi connectivity index (χ2v) is 14.8. The number of anilines is 2. The molecule has 1 heterocycles. The average Bonchev–Trinajstić information content (AvgIpc) is 3.71. The normalized spacial score (nSPS) is 13.3. The molecule has 0 bridgehead atoms. The number of carbonyl (C=O) groups excluding carboxylic acids is 4. The fraction of sp³-hybridized carbons (Fsp3) is 0.386. The number of ether oxygens (including phenoxy) is 1. The number of aliphatic imine (C=N–C) groups is 1. The van der Waals surface area contributed by atoms with Crippen LogP contribution in [0.2, 0.25) is 0 Å². The minimum Gasteiger partial charge on any atom is -0.508 e. The third kappa shape index (κ3) is 14.0. The summed E-state index contributed by atoms with van der Waals surface area (Å²) in [6.07, 6.45) is 1.44. The number of rotatable bonds is 24. The van der Waals surface area contributed by atoms with E-state index in [-0.39, 0.29) is 67.5 Å². The van der Waals surface area contributed by atoms with Gasteiger partial charge in [-0.2, -0.15) is 4.99 Å². The lowest BCUT2D eigenvalue weighted by atomic mass is 10.0. The summed E-state index contributed by atoms with van der Waals surface area (Å²) >= 11 is 0. The molecule has 0 saturated heterocycles. The van der Waals surface area contributed by atoms with Crippen LogP contribution in [-0.4, -0.2) is 91.6 Å². The van der Waals surface area contributed by atoms with Crippen LogP contribution in [0, 0.1) is 0 Å². The summed E-state index contributed by atoms with van der Waals surface area (Å²) in [6.45, 7) is 4.98. The molecule has 4 aromatic carbocycles. The Morgan fingerprint density at radius 2 is 1.43 bits per heavy atom. The molecule has 5 amide bonds. The second kappa shape index (κ2) is 23.9. The van der Waals surface area contributed by atoms with Crippen molar-refractivity contribution < 1.29 is 29.0 Å². The molecular weight excluding hydrogens is 811 g/mol. The van der Waals surface area contributed by atoms with Gasteiger partial charge in [0.05, 0.1) is 6.61 Å². The smallest absolute Gasteiger partial charge is 0.344 e.